The first-order valence-electron chi connectivity index (χ1n) is 11.7. The quantitative estimate of drug-likeness (QED) is 0.489. The fraction of sp³-hybridized carbons (Fsp3) is 0.652. The van der Waals surface area contributed by atoms with Gasteiger partial charge in [-0.25, -0.2) is 15.0 Å². The highest BCUT2D eigenvalue weighted by molar-refractivity contribution is 5.83. The lowest BCUT2D eigenvalue weighted by Crippen LogP contribution is -2.42. The van der Waals surface area contributed by atoms with Crippen molar-refractivity contribution in [2.45, 2.75) is 76.9 Å². The summed E-state index contributed by atoms with van der Waals surface area (Å²) in [6, 6.07) is 0. The maximum Gasteiger partial charge on any atom is 0.252 e. The summed E-state index contributed by atoms with van der Waals surface area (Å²) in [5, 5.41) is 23.5. The SMILES string of the molecule is CCNC(=O)[C@H]1O[C@@H](n2cnc3c(N)nc(C#CCC4CCC(CC)CC4)nc32)C(O)C1O. The maximum absolute atomic E-state index is 12.2. The number of hydrogen-bond acceptors (Lipinski definition) is 8. The van der Waals surface area contributed by atoms with E-state index in [4.69, 9.17) is 10.5 Å². The lowest BCUT2D eigenvalue weighted by molar-refractivity contribution is -0.137. The van der Waals surface area contributed by atoms with Crippen LogP contribution in [0, 0.1) is 23.7 Å². The lowest BCUT2D eigenvalue weighted by atomic mass is 9.80. The van der Waals surface area contributed by atoms with Crippen LogP contribution in [0.1, 0.15) is 64.4 Å². The molecule has 10 heteroatoms. The molecule has 0 bridgehead atoms. The number of nitrogens with zero attached hydrogens (tertiary/aromatic N) is 4. The number of nitrogens with one attached hydrogen (secondary N) is 1. The first kappa shape index (κ1) is 23.4. The Balaban J connectivity index is 1.53. The molecule has 2 fully saturated rings. The van der Waals surface area contributed by atoms with Crippen LogP contribution in [0.25, 0.3) is 11.2 Å². The van der Waals surface area contributed by atoms with Gasteiger partial charge in [0.1, 0.15) is 17.7 Å². The van der Waals surface area contributed by atoms with Gasteiger partial charge in [-0.1, -0.05) is 32.1 Å². The summed E-state index contributed by atoms with van der Waals surface area (Å²) in [4.78, 5) is 25.1. The van der Waals surface area contributed by atoms with E-state index in [1.807, 2.05) is 0 Å². The molecular weight excluding hydrogens is 424 g/mol. The van der Waals surface area contributed by atoms with Gasteiger partial charge in [-0.15, -0.1) is 0 Å². The predicted octanol–water partition coefficient (Wildman–Crippen LogP) is 1.12. The number of aliphatic hydroxyl groups is 2. The molecule has 1 saturated carbocycles. The van der Waals surface area contributed by atoms with Crippen molar-refractivity contribution >= 4 is 22.9 Å². The molecule has 1 aliphatic heterocycles. The van der Waals surface area contributed by atoms with E-state index in [-0.39, 0.29) is 11.6 Å². The molecule has 0 radical (unpaired) electrons. The van der Waals surface area contributed by atoms with E-state index in [0.29, 0.717) is 23.6 Å². The van der Waals surface area contributed by atoms with E-state index in [1.54, 1.807) is 6.92 Å². The van der Waals surface area contributed by atoms with Gasteiger partial charge in [-0.05, 0) is 37.5 Å². The summed E-state index contributed by atoms with van der Waals surface area (Å²) in [6.07, 6.45) is 3.39. The third-order valence-corrected chi connectivity index (χ3v) is 6.70. The Bertz CT molecular complexity index is 1050. The third-order valence-electron chi connectivity index (χ3n) is 6.70. The fourth-order valence-electron chi connectivity index (χ4n) is 4.68. The van der Waals surface area contributed by atoms with Gasteiger partial charge in [-0.2, -0.15) is 0 Å². The Labute approximate surface area is 193 Å². The van der Waals surface area contributed by atoms with E-state index in [0.717, 1.165) is 12.3 Å². The number of rotatable bonds is 5. The molecule has 10 nitrogen and oxygen atoms in total. The predicted molar refractivity (Wildman–Crippen MR) is 122 cm³/mol. The largest absolute Gasteiger partial charge is 0.387 e. The average molecular weight is 457 g/mol. The number of nitrogen functional groups attached to an aromatic ring is 1. The van der Waals surface area contributed by atoms with Crippen LogP contribution in [0.5, 0.6) is 0 Å². The number of fused-ring (bicyclic) bond motifs is 1. The molecule has 2 aromatic rings. The zero-order valence-electron chi connectivity index (χ0n) is 19.1. The molecule has 4 atom stereocenters. The number of aromatic nitrogens is 4. The molecular formula is C23H32N6O4. The van der Waals surface area contributed by atoms with Gasteiger partial charge in [0.25, 0.3) is 5.91 Å². The number of amides is 1. The molecule has 1 aliphatic carbocycles. The van der Waals surface area contributed by atoms with Crippen molar-refractivity contribution in [3.63, 3.8) is 0 Å². The Kier molecular flexibility index (Phi) is 7.12. The molecule has 2 aliphatic rings. The first-order chi connectivity index (χ1) is 15.9. The molecule has 33 heavy (non-hydrogen) atoms. The number of likely N-dealkylation sites (N-methyl/N-ethyl adjacent to an activating group) is 1. The van der Waals surface area contributed by atoms with Crippen LogP contribution in [0.15, 0.2) is 6.33 Å². The number of anilines is 1. The number of ether oxygens (including phenoxy) is 1. The summed E-state index contributed by atoms with van der Waals surface area (Å²) < 4.78 is 7.14. The molecule has 0 spiro atoms. The van der Waals surface area contributed by atoms with Crippen LogP contribution < -0.4 is 11.1 Å². The number of aliphatic hydroxyl groups excluding tert-OH is 2. The van der Waals surface area contributed by atoms with E-state index >= 15 is 0 Å². The minimum Gasteiger partial charge on any atom is -0.387 e. The van der Waals surface area contributed by atoms with Crippen LogP contribution >= 0.6 is 0 Å². The van der Waals surface area contributed by atoms with E-state index in [1.165, 1.54) is 43.0 Å². The number of carbonyl (C=O) groups excluding carboxylic acids is 1. The zero-order chi connectivity index (χ0) is 23.5. The Morgan fingerprint density at radius 3 is 2.64 bits per heavy atom. The smallest absolute Gasteiger partial charge is 0.252 e. The van der Waals surface area contributed by atoms with Crippen molar-refractivity contribution in [3.05, 3.63) is 12.2 Å². The lowest BCUT2D eigenvalue weighted by Gasteiger charge is -2.26. The van der Waals surface area contributed by atoms with Gasteiger partial charge < -0.3 is 26.0 Å². The summed E-state index contributed by atoms with van der Waals surface area (Å²) >= 11 is 0. The van der Waals surface area contributed by atoms with E-state index in [2.05, 4.69) is 39.0 Å². The van der Waals surface area contributed by atoms with Crippen LogP contribution in [-0.4, -0.2) is 60.5 Å². The molecule has 0 aromatic carbocycles. The highest BCUT2D eigenvalue weighted by atomic mass is 16.6. The molecule has 1 saturated heterocycles. The van der Waals surface area contributed by atoms with Gasteiger partial charge in [0.05, 0.1) is 6.33 Å². The Morgan fingerprint density at radius 2 is 1.94 bits per heavy atom. The monoisotopic (exact) mass is 456 g/mol. The highest BCUT2D eigenvalue weighted by Crippen LogP contribution is 2.33. The summed E-state index contributed by atoms with van der Waals surface area (Å²) in [7, 11) is 0. The Morgan fingerprint density at radius 1 is 1.21 bits per heavy atom. The van der Waals surface area contributed by atoms with Gasteiger partial charge >= 0.3 is 0 Å². The van der Waals surface area contributed by atoms with Crippen molar-refractivity contribution in [1.29, 1.82) is 0 Å². The standard InChI is InChI=1S/C23H32N6O4/c1-3-13-8-10-14(11-9-13)6-5-7-15-27-20(24)16-21(28-15)29(12-26-16)23-18(31)17(30)19(33-23)22(32)25-4-2/h12-14,17-19,23,30-31H,3-4,6,8-11H2,1-2H3,(H,25,32)(H2,24,27,28)/t13?,14?,17?,18?,19-,23+/m0/s1. The van der Waals surface area contributed by atoms with Crippen molar-refractivity contribution in [1.82, 2.24) is 24.8 Å². The van der Waals surface area contributed by atoms with Gasteiger partial charge in [0, 0.05) is 13.0 Å². The van der Waals surface area contributed by atoms with Crippen LogP contribution in [0.4, 0.5) is 5.82 Å². The second-order valence-corrected chi connectivity index (χ2v) is 8.88. The van der Waals surface area contributed by atoms with Gasteiger partial charge in [0.2, 0.25) is 5.82 Å². The highest BCUT2D eigenvalue weighted by Gasteiger charge is 2.47. The van der Waals surface area contributed by atoms with Crippen molar-refractivity contribution in [2.24, 2.45) is 11.8 Å². The number of nitrogens with two attached hydrogens (primary N) is 1. The van der Waals surface area contributed by atoms with Crippen molar-refractivity contribution < 1.29 is 19.7 Å². The molecule has 2 unspecified atom stereocenters. The average Bonchev–Trinajstić information content (AvgIpc) is 3.36. The van der Waals surface area contributed by atoms with Gasteiger partial charge in [0.15, 0.2) is 23.8 Å². The van der Waals surface area contributed by atoms with Crippen LogP contribution in [0.3, 0.4) is 0 Å². The van der Waals surface area contributed by atoms with Crippen molar-refractivity contribution in [2.75, 3.05) is 12.3 Å². The molecule has 3 heterocycles. The minimum absolute atomic E-state index is 0.166. The van der Waals surface area contributed by atoms with Gasteiger partial charge in [-0.3, -0.25) is 9.36 Å². The third kappa shape index (κ3) is 4.81. The summed E-state index contributed by atoms with van der Waals surface area (Å²) in [5.74, 6) is 7.58. The normalized spacial score (nSPS) is 29.6. The minimum atomic E-state index is -1.39. The second-order valence-electron chi connectivity index (χ2n) is 8.88. The molecule has 178 valence electrons. The summed E-state index contributed by atoms with van der Waals surface area (Å²) in [6.45, 7) is 4.39. The zero-order valence-corrected chi connectivity index (χ0v) is 19.1. The topological polar surface area (TPSA) is 148 Å². The molecule has 1 amide bonds. The number of carbonyl (C=O) groups is 1. The van der Waals surface area contributed by atoms with E-state index < -0.39 is 30.4 Å². The second kappa shape index (κ2) is 10.0. The van der Waals surface area contributed by atoms with Crippen LogP contribution in [0.2, 0.25) is 0 Å². The fourth-order valence-corrected chi connectivity index (χ4v) is 4.68. The maximum atomic E-state index is 12.2. The number of imidazole rings is 1. The summed E-state index contributed by atoms with van der Waals surface area (Å²) in [5.41, 5.74) is 6.74. The Hall–Kier alpha value is -2.74. The molecule has 4 rings (SSSR count). The van der Waals surface area contributed by atoms with Crippen LogP contribution in [-0.2, 0) is 9.53 Å². The first-order valence-corrected chi connectivity index (χ1v) is 11.7. The molecule has 2 aromatic heterocycles. The van der Waals surface area contributed by atoms with Crippen molar-refractivity contribution in [3.8, 4) is 11.8 Å². The van der Waals surface area contributed by atoms with E-state index in [9.17, 15) is 15.0 Å². The molecule has 5 N–H and O–H groups in total. The number of hydrogen-bond donors (Lipinski definition) is 4.